The molecule has 16 heavy (non-hydrogen) atoms. The summed E-state index contributed by atoms with van der Waals surface area (Å²) in [5.74, 6) is 0.0580. The Morgan fingerprint density at radius 1 is 1.56 bits per heavy atom. The Labute approximate surface area is 98.2 Å². The molecule has 0 saturated carbocycles. The standard InChI is InChI=1S/C11H14N4S/c1-7(2)15-10(11(12)13)5-9(14-15)8-3-4-16-6-8/h3-7H,1-2H3,(H3,12,13). The molecule has 0 aliphatic rings. The van der Waals surface area contributed by atoms with Crippen LogP contribution in [0.3, 0.4) is 0 Å². The molecule has 3 N–H and O–H groups in total. The van der Waals surface area contributed by atoms with Crippen molar-refractivity contribution >= 4 is 17.2 Å². The van der Waals surface area contributed by atoms with Crippen LogP contribution in [0, 0.1) is 5.41 Å². The van der Waals surface area contributed by atoms with Crippen molar-refractivity contribution in [3.05, 3.63) is 28.6 Å². The van der Waals surface area contributed by atoms with Gasteiger partial charge in [0.15, 0.2) is 0 Å². The monoisotopic (exact) mass is 234 g/mol. The highest BCUT2D eigenvalue weighted by molar-refractivity contribution is 7.08. The van der Waals surface area contributed by atoms with E-state index in [0.717, 1.165) is 11.3 Å². The summed E-state index contributed by atoms with van der Waals surface area (Å²) in [6, 6.07) is 4.08. The Balaban J connectivity index is 2.51. The third-order valence-corrected chi connectivity index (χ3v) is 3.00. The van der Waals surface area contributed by atoms with Crippen molar-refractivity contribution in [1.82, 2.24) is 9.78 Å². The van der Waals surface area contributed by atoms with E-state index < -0.39 is 0 Å². The van der Waals surface area contributed by atoms with Gasteiger partial charge < -0.3 is 5.73 Å². The molecule has 0 amide bonds. The quantitative estimate of drug-likeness (QED) is 0.633. The fraction of sp³-hybridized carbons (Fsp3) is 0.273. The third kappa shape index (κ3) is 1.86. The highest BCUT2D eigenvalue weighted by Gasteiger charge is 2.13. The summed E-state index contributed by atoms with van der Waals surface area (Å²) in [7, 11) is 0. The molecule has 0 aromatic carbocycles. The molecule has 0 unspecified atom stereocenters. The molecular weight excluding hydrogens is 220 g/mol. The Morgan fingerprint density at radius 3 is 2.75 bits per heavy atom. The fourth-order valence-electron chi connectivity index (χ4n) is 1.54. The minimum atomic E-state index is 0.0580. The van der Waals surface area contributed by atoms with E-state index in [9.17, 15) is 0 Å². The van der Waals surface area contributed by atoms with E-state index in [2.05, 4.69) is 5.10 Å². The van der Waals surface area contributed by atoms with Gasteiger partial charge in [0.05, 0.1) is 5.69 Å². The second-order valence-corrected chi connectivity index (χ2v) is 4.66. The smallest absolute Gasteiger partial charge is 0.141 e. The zero-order chi connectivity index (χ0) is 11.7. The van der Waals surface area contributed by atoms with Crippen molar-refractivity contribution in [3.8, 4) is 11.3 Å². The minimum Gasteiger partial charge on any atom is -0.382 e. The molecule has 0 aliphatic carbocycles. The molecule has 2 aromatic heterocycles. The first-order chi connectivity index (χ1) is 7.59. The third-order valence-electron chi connectivity index (χ3n) is 2.32. The first-order valence-corrected chi connectivity index (χ1v) is 6.00. The van der Waals surface area contributed by atoms with Crippen molar-refractivity contribution in [3.63, 3.8) is 0 Å². The van der Waals surface area contributed by atoms with Crippen molar-refractivity contribution < 1.29 is 0 Å². The summed E-state index contributed by atoms with van der Waals surface area (Å²) in [6.45, 7) is 4.05. The van der Waals surface area contributed by atoms with Crippen LogP contribution in [0.4, 0.5) is 0 Å². The number of aromatic nitrogens is 2. The highest BCUT2D eigenvalue weighted by Crippen LogP contribution is 2.23. The first kappa shape index (κ1) is 10.9. The summed E-state index contributed by atoms with van der Waals surface area (Å²) in [4.78, 5) is 0. The number of amidine groups is 1. The number of hydrogen-bond acceptors (Lipinski definition) is 3. The number of rotatable bonds is 3. The van der Waals surface area contributed by atoms with E-state index in [1.165, 1.54) is 0 Å². The van der Waals surface area contributed by atoms with Crippen LogP contribution in [-0.2, 0) is 0 Å². The molecule has 0 saturated heterocycles. The molecule has 2 heterocycles. The Hall–Kier alpha value is -1.62. The summed E-state index contributed by atoms with van der Waals surface area (Å²) >= 11 is 1.63. The second-order valence-electron chi connectivity index (χ2n) is 3.88. The molecule has 0 radical (unpaired) electrons. The molecule has 2 rings (SSSR count). The van der Waals surface area contributed by atoms with Gasteiger partial charge in [-0.05, 0) is 31.4 Å². The molecule has 2 aromatic rings. The van der Waals surface area contributed by atoms with Crippen LogP contribution < -0.4 is 5.73 Å². The number of thiophene rings is 1. The van der Waals surface area contributed by atoms with Crippen LogP contribution in [0.2, 0.25) is 0 Å². The van der Waals surface area contributed by atoms with Crippen LogP contribution in [0.1, 0.15) is 25.6 Å². The zero-order valence-corrected chi connectivity index (χ0v) is 10.1. The van der Waals surface area contributed by atoms with Crippen LogP contribution in [0.15, 0.2) is 22.9 Å². The van der Waals surface area contributed by atoms with E-state index in [4.69, 9.17) is 11.1 Å². The number of nitrogens with one attached hydrogen (secondary N) is 1. The zero-order valence-electron chi connectivity index (χ0n) is 9.27. The van der Waals surface area contributed by atoms with Crippen molar-refractivity contribution in [2.45, 2.75) is 19.9 Å². The van der Waals surface area contributed by atoms with Crippen molar-refractivity contribution in [1.29, 1.82) is 5.41 Å². The molecule has 0 aliphatic heterocycles. The van der Waals surface area contributed by atoms with E-state index in [1.807, 2.05) is 36.7 Å². The number of nitrogens with zero attached hydrogens (tertiary/aromatic N) is 2. The molecule has 4 nitrogen and oxygen atoms in total. The van der Waals surface area contributed by atoms with Gasteiger partial charge in [-0.2, -0.15) is 16.4 Å². The van der Waals surface area contributed by atoms with Crippen molar-refractivity contribution in [2.24, 2.45) is 5.73 Å². The van der Waals surface area contributed by atoms with Gasteiger partial charge in [-0.25, -0.2) is 0 Å². The average Bonchev–Trinajstić information content (AvgIpc) is 2.86. The Morgan fingerprint density at radius 2 is 2.31 bits per heavy atom. The maximum Gasteiger partial charge on any atom is 0.141 e. The topological polar surface area (TPSA) is 67.7 Å². The number of nitrogen functional groups attached to an aromatic ring is 1. The number of hydrogen-bond donors (Lipinski definition) is 2. The summed E-state index contributed by atoms with van der Waals surface area (Å²) in [5.41, 5.74) is 8.17. The van der Waals surface area contributed by atoms with Gasteiger partial charge in [-0.15, -0.1) is 0 Å². The predicted octanol–water partition coefficient (Wildman–Crippen LogP) is 2.48. The van der Waals surface area contributed by atoms with Gasteiger partial charge >= 0.3 is 0 Å². The van der Waals surface area contributed by atoms with Gasteiger partial charge in [0.1, 0.15) is 11.5 Å². The molecule has 0 spiro atoms. The minimum absolute atomic E-state index is 0.0580. The van der Waals surface area contributed by atoms with Crippen molar-refractivity contribution in [2.75, 3.05) is 0 Å². The molecule has 0 atom stereocenters. The van der Waals surface area contributed by atoms with E-state index in [1.54, 1.807) is 16.0 Å². The maximum atomic E-state index is 7.53. The molecule has 0 bridgehead atoms. The molecule has 0 fully saturated rings. The van der Waals surface area contributed by atoms with Gasteiger partial charge in [0, 0.05) is 17.0 Å². The lowest BCUT2D eigenvalue weighted by atomic mass is 10.2. The highest BCUT2D eigenvalue weighted by atomic mass is 32.1. The second kappa shape index (κ2) is 4.09. The predicted molar refractivity (Wildman–Crippen MR) is 66.9 cm³/mol. The largest absolute Gasteiger partial charge is 0.382 e. The molecule has 5 heteroatoms. The van der Waals surface area contributed by atoms with Gasteiger partial charge in [-0.3, -0.25) is 10.1 Å². The van der Waals surface area contributed by atoms with Crippen LogP contribution in [-0.4, -0.2) is 15.6 Å². The van der Waals surface area contributed by atoms with Crippen LogP contribution in [0.25, 0.3) is 11.3 Å². The lowest BCUT2D eigenvalue weighted by molar-refractivity contribution is 0.529. The fourth-order valence-corrected chi connectivity index (χ4v) is 2.19. The maximum absolute atomic E-state index is 7.53. The summed E-state index contributed by atoms with van der Waals surface area (Å²) < 4.78 is 1.79. The van der Waals surface area contributed by atoms with E-state index in [0.29, 0.717) is 5.69 Å². The number of nitrogens with two attached hydrogens (primary N) is 1. The van der Waals surface area contributed by atoms with E-state index in [-0.39, 0.29) is 11.9 Å². The van der Waals surface area contributed by atoms with Crippen LogP contribution in [0.5, 0.6) is 0 Å². The van der Waals surface area contributed by atoms with Gasteiger partial charge in [-0.1, -0.05) is 0 Å². The normalized spacial score (nSPS) is 10.9. The Kier molecular flexibility index (Phi) is 2.78. The van der Waals surface area contributed by atoms with Gasteiger partial charge in [0.2, 0.25) is 0 Å². The molecular formula is C11H14N4S. The van der Waals surface area contributed by atoms with Gasteiger partial charge in [0.25, 0.3) is 0 Å². The van der Waals surface area contributed by atoms with Crippen LogP contribution >= 0.6 is 11.3 Å². The first-order valence-electron chi connectivity index (χ1n) is 5.06. The summed E-state index contributed by atoms with van der Waals surface area (Å²) in [5, 5.41) is 16.1. The molecule has 84 valence electrons. The average molecular weight is 234 g/mol. The SMILES string of the molecule is CC(C)n1nc(-c2ccsc2)cc1C(=N)N. The Bertz CT molecular complexity index is 496. The lowest BCUT2D eigenvalue weighted by Crippen LogP contribution is -2.18. The lowest BCUT2D eigenvalue weighted by Gasteiger charge is -2.08. The summed E-state index contributed by atoms with van der Waals surface area (Å²) in [6.07, 6.45) is 0. The van der Waals surface area contributed by atoms with E-state index >= 15 is 0 Å².